The minimum atomic E-state index is -1.28. The van der Waals surface area contributed by atoms with Crippen LogP contribution in [0.3, 0.4) is 0 Å². The van der Waals surface area contributed by atoms with E-state index >= 15 is 0 Å². The molecule has 0 fully saturated rings. The van der Waals surface area contributed by atoms with Gasteiger partial charge in [-0.05, 0) is 36.4 Å². The lowest BCUT2D eigenvalue weighted by molar-refractivity contribution is -0.126. The lowest BCUT2D eigenvalue weighted by Crippen LogP contribution is -2.23. The number of benzene rings is 1. The fourth-order valence-corrected chi connectivity index (χ4v) is 3.71. The zero-order valence-electron chi connectivity index (χ0n) is 18.4. The molecule has 0 saturated heterocycles. The maximum atomic E-state index is 13.1. The second-order valence-electron chi connectivity index (χ2n) is 8.27. The predicted molar refractivity (Wildman–Crippen MR) is 115 cm³/mol. The molecule has 3 rings (SSSR count). The van der Waals surface area contributed by atoms with E-state index in [9.17, 15) is 9.59 Å². The highest BCUT2D eigenvalue weighted by Gasteiger charge is 2.26. The third kappa shape index (κ3) is 5.49. The molecule has 0 saturated carbocycles. The standard InChI is InChI=1S/C22H27NO7Si/c1-26-21(25)19-15(20(24)14-6-9-17-18(12-14)30-13-29-17)7-8-16(23-19)22(27-2)28-10-11-31(3,4)5/h6-9,12,22H,10-11,13H2,1-5H3. The largest absolute Gasteiger partial charge is 0.464 e. The van der Waals surface area contributed by atoms with Crippen LogP contribution in [-0.2, 0) is 14.2 Å². The average molecular weight is 446 g/mol. The number of esters is 1. The fourth-order valence-electron chi connectivity index (χ4n) is 2.98. The van der Waals surface area contributed by atoms with Crippen LogP contribution in [0.4, 0.5) is 0 Å². The van der Waals surface area contributed by atoms with Crippen molar-refractivity contribution >= 4 is 19.8 Å². The van der Waals surface area contributed by atoms with Gasteiger partial charge in [-0.2, -0.15) is 0 Å². The minimum absolute atomic E-state index is 0.0986. The first kappa shape index (κ1) is 22.9. The van der Waals surface area contributed by atoms with Gasteiger partial charge in [0.25, 0.3) is 0 Å². The number of carbonyl (C=O) groups excluding carboxylic acids is 2. The Morgan fingerprint density at radius 3 is 2.52 bits per heavy atom. The average Bonchev–Trinajstić information content (AvgIpc) is 3.22. The Morgan fingerprint density at radius 2 is 1.84 bits per heavy atom. The molecule has 1 unspecified atom stereocenters. The molecule has 2 aromatic rings. The van der Waals surface area contributed by atoms with Crippen molar-refractivity contribution < 1.29 is 33.3 Å². The number of hydrogen-bond acceptors (Lipinski definition) is 8. The molecule has 31 heavy (non-hydrogen) atoms. The van der Waals surface area contributed by atoms with E-state index in [1.807, 2.05) is 0 Å². The van der Waals surface area contributed by atoms with E-state index in [4.69, 9.17) is 23.7 Å². The first-order valence-corrected chi connectivity index (χ1v) is 13.6. The summed E-state index contributed by atoms with van der Waals surface area (Å²) in [7, 11) is 1.46. The summed E-state index contributed by atoms with van der Waals surface area (Å²) in [5, 5.41) is 0. The quantitative estimate of drug-likeness (QED) is 0.249. The van der Waals surface area contributed by atoms with Crippen LogP contribution in [0.5, 0.6) is 11.5 Å². The molecule has 1 aliphatic rings. The van der Waals surface area contributed by atoms with E-state index in [0.717, 1.165) is 6.04 Å². The van der Waals surface area contributed by atoms with Crippen LogP contribution >= 0.6 is 0 Å². The van der Waals surface area contributed by atoms with Crippen molar-refractivity contribution in [3.8, 4) is 11.5 Å². The van der Waals surface area contributed by atoms with Crippen molar-refractivity contribution in [3.05, 3.63) is 52.8 Å². The first-order chi connectivity index (χ1) is 14.7. The molecule has 8 nitrogen and oxygen atoms in total. The van der Waals surface area contributed by atoms with E-state index in [2.05, 4.69) is 24.6 Å². The molecule has 1 aliphatic heterocycles. The smallest absolute Gasteiger partial charge is 0.357 e. The Hall–Kier alpha value is -2.75. The van der Waals surface area contributed by atoms with Gasteiger partial charge in [0.05, 0.1) is 18.4 Å². The second kappa shape index (κ2) is 9.59. The number of ether oxygens (including phenoxy) is 5. The maximum absolute atomic E-state index is 13.1. The second-order valence-corrected chi connectivity index (χ2v) is 13.9. The lowest BCUT2D eigenvalue weighted by Gasteiger charge is -2.20. The summed E-state index contributed by atoms with van der Waals surface area (Å²) in [4.78, 5) is 29.9. The van der Waals surface area contributed by atoms with Gasteiger partial charge in [-0.1, -0.05) is 19.6 Å². The van der Waals surface area contributed by atoms with Gasteiger partial charge in [-0.3, -0.25) is 4.79 Å². The summed E-state index contributed by atoms with van der Waals surface area (Å²) < 4.78 is 26.7. The molecule has 1 atom stereocenters. The molecule has 0 radical (unpaired) electrons. The SMILES string of the molecule is COC(=O)c1nc(C(OC)OCC[Si](C)(C)C)ccc1C(=O)c1ccc2c(c1)OCO2. The van der Waals surface area contributed by atoms with Crippen LogP contribution in [0.1, 0.15) is 38.4 Å². The lowest BCUT2D eigenvalue weighted by atomic mass is 10.0. The number of nitrogens with zero attached hydrogens (tertiary/aromatic N) is 1. The van der Waals surface area contributed by atoms with Crippen LogP contribution in [0.15, 0.2) is 30.3 Å². The molecular formula is C22H27NO7Si. The van der Waals surface area contributed by atoms with Gasteiger partial charge in [-0.15, -0.1) is 0 Å². The number of aromatic nitrogens is 1. The number of rotatable bonds is 9. The molecule has 1 aromatic heterocycles. The third-order valence-corrected chi connectivity index (χ3v) is 6.46. The molecule has 0 spiro atoms. The number of fused-ring (bicyclic) bond motifs is 1. The van der Waals surface area contributed by atoms with Crippen molar-refractivity contribution in [3.63, 3.8) is 0 Å². The van der Waals surface area contributed by atoms with Crippen LogP contribution in [0.2, 0.25) is 25.7 Å². The third-order valence-electron chi connectivity index (χ3n) is 4.75. The van der Waals surface area contributed by atoms with Crippen LogP contribution in [0.25, 0.3) is 0 Å². The predicted octanol–water partition coefficient (Wildman–Crippen LogP) is 3.83. The first-order valence-electron chi connectivity index (χ1n) is 9.91. The Labute approximate surface area is 182 Å². The van der Waals surface area contributed by atoms with E-state index < -0.39 is 20.3 Å². The molecule has 0 bridgehead atoms. The zero-order valence-corrected chi connectivity index (χ0v) is 19.4. The topological polar surface area (TPSA) is 93.2 Å². The van der Waals surface area contributed by atoms with Crippen LogP contribution in [-0.4, -0.2) is 52.4 Å². The zero-order chi connectivity index (χ0) is 22.6. The van der Waals surface area contributed by atoms with Crippen LogP contribution < -0.4 is 9.47 Å². The molecule has 166 valence electrons. The summed E-state index contributed by atoms with van der Waals surface area (Å²) in [6.07, 6.45) is -0.755. The maximum Gasteiger partial charge on any atom is 0.357 e. The Kier molecular flexibility index (Phi) is 7.09. The van der Waals surface area contributed by atoms with Crippen molar-refractivity contribution in [2.75, 3.05) is 27.6 Å². The van der Waals surface area contributed by atoms with E-state index in [-0.39, 0.29) is 23.8 Å². The summed E-state index contributed by atoms with van der Waals surface area (Å²) in [6.45, 7) is 7.38. The minimum Gasteiger partial charge on any atom is -0.464 e. The highest BCUT2D eigenvalue weighted by atomic mass is 28.3. The van der Waals surface area contributed by atoms with Gasteiger partial charge in [0.1, 0.15) is 0 Å². The Bertz CT molecular complexity index is 971. The summed E-state index contributed by atoms with van der Waals surface area (Å²) in [5.41, 5.74) is 0.754. The number of hydrogen-bond donors (Lipinski definition) is 0. The van der Waals surface area contributed by atoms with Crippen molar-refractivity contribution in [1.82, 2.24) is 4.98 Å². The summed E-state index contributed by atoms with van der Waals surface area (Å²) in [5.74, 6) is -0.0591. The van der Waals surface area contributed by atoms with Crippen molar-refractivity contribution in [1.29, 1.82) is 0 Å². The van der Waals surface area contributed by atoms with Gasteiger partial charge in [0.15, 0.2) is 23.0 Å². The normalized spacial score (nSPS) is 13.7. The molecule has 0 amide bonds. The number of carbonyl (C=O) groups is 2. The number of methoxy groups -OCH3 is 2. The van der Waals surface area contributed by atoms with Gasteiger partial charge < -0.3 is 23.7 Å². The summed E-state index contributed by atoms with van der Waals surface area (Å²) >= 11 is 0. The molecule has 1 aromatic carbocycles. The van der Waals surface area contributed by atoms with Crippen LogP contribution in [0, 0.1) is 0 Å². The van der Waals surface area contributed by atoms with Crippen molar-refractivity contribution in [2.24, 2.45) is 0 Å². The van der Waals surface area contributed by atoms with Gasteiger partial charge in [-0.25, -0.2) is 9.78 Å². The van der Waals surface area contributed by atoms with E-state index in [1.165, 1.54) is 20.3 Å². The van der Waals surface area contributed by atoms with Gasteiger partial charge in [0.2, 0.25) is 13.1 Å². The monoisotopic (exact) mass is 445 g/mol. The molecular weight excluding hydrogens is 418 g/mol. The highest BCUT2D eigenvalue weighted by molar-refractivity contribution is 6.76. The van der Waals surface area contributed by atoms with Gasteiger partial charge in [0, 0.05) is 27.4 Å². The van der Waals surface area contributed by atoms with Gasteiger partial charge >= 0.3 is 5.97 Å². The van der Waals surface area contributed by atoms with E-state index in [0.29, 0.717) is 29.4 Å². The Morgan fingerprint density at radius 1 is 1.10 bits per heavy atom. The van der Waals surface area contributed by atoms with Crippen molar-refractivity contribution in [2.45, 2.75) is 32.0 Å². The molecule has 9 heteroatoms. The highest BCUT2D eigenvalue weighted by Crippen LogP contribution is 2.33. The summed E-state index contributed by atoms with van der Waals surface area (Å²) in [6, 6.07) is 8.96. The molecule has 2 heterocycles. The molecule has 0 aliphatic carbocycles. The Balaban J connectivity index is 1.89. The molecule has 0 N–H and O–H groups in total. The number of pyridine rings is 1. The van der Waals surface area contributed by atoms with E-state index in [1.54, 1.807) is 24.3 Å². The fraction of sp³-hybridized carbons (Fsp3) is 0.409. The number of ketones is 1.